The highest BCUT2D eigenvalue weighted by molar-refractivity contribution is 5.59. The standard InChI is InChI=1S/C10H9N7O4/c11-8-7(9(19)14-10(12)13-8)16-15-5-2-1-4(17(20)21)3-6(5)18/h1-3,18H,(H5,11,12,13,14,19). The molecular formula is C10H9N7O4. The predicted molar refractivity (Wildman–Crippen MR) is 72.6 cm³/mol. The molecule has 2 rings (SSSR count). The van der Waals surface area contributed by atoms with Crippen LogP contribution < -0.4 is 17.0 Å². The normalized spacial score (nSPS) is 10.9. The van der Waals surface area contributed by atoms with Crippen molar-refractivity contribution >= 4 is 28.8 Å². The molecule has 0 saturated carbocycles. The number of nitro benzene ring substituents is 1. The number of aromatic amines is 1. The first-order valence-electron chi connectivity index (χ1n) is 5.43. The van der Waals surface area contributed by atoms with Crippen LogP contribution in [0, 0.1) is 10.1 Å². The highest BCUT2D eigenvalue weighted by Gasteiger charge is 2.11. The van der Waals surface area contributed by atoms with Crippen LogP contribution in [0.4, 0.5) is 28.8 Å². The Balaban J connectivity index is 2.39. The van der Waals surface area contributed by atoms with E-state index in [0.29, 0.717) is 0 Å². The quantitative estimate of drug-likeness (QED) is 0.368. The Morgan fingerprint density at radius 2 is 2.05 bits per heavy atom. The zero-order chi connectivity index (χ0) is 15.6. The second-order valence-electron chi connectivity index (χ2n) is 3.82. The van der Waals surface area contributed by atoms with E-state index in [0.717, 1.165) is 12.1 Å². The number of aromatic nitrogens is 2. The van der Waals surface area contributed by atoms with Crippen molar-refractivity contribution < 1.29 is 10.0 Å². The van der Waals surface area contributed by atoms with Crippen molar-refractivity contribution in [2.24, 2.45) is 10.2 Å². The lowest BCUT2D eigenvalue weighted by Crippen LogP contribution is -2.12. The molecule has 0 saturated heterocycles. The monoisotopic (exact) mass is 291 g/mol. The van der Waals surface area contributed by atoms with Crippen molar-refractivity contribution in [3.8, 4) is 5.75 Å². The van der Waals surface area contributed by atoms with Crippen molar-refractivity contribution in [1.82, 2.24) is 9.97 Å². The molecule has 2 aromatic rings. The summed E-state index contributed by atoms with van der Waals surface area (Å²) in [7, 11) is 0. The molecule has 1 aromatic heterocycles. The summed E-state index contributed by atoms with van der Waals surface area (Å²) in [4.78, 5) is 27.2. The number of rotatable bonds is 3. The molecule has 11 nitrogen and oxygen atoms in total. The third kappa shape index (κ3) is 2.91. The van der Waals surface area contributed by atoms with Gasteiger partial charge in [-0.3, -0.25) is 19.9 Å². The van der Waals surface area contributed by atoms with Gasteiger partial charge in [-0.05, 0) is 6.07 Å². The number of azo groups is 1. The van der Waals surface area contributed by atoms with E-state index >= 15 is 0 Å². The first kappa shape index (κ1) is 13.9. The Kier molecular flexibility index (Phi) is 3.47. The molecular weight excluding hydrogens is 282 g/mol. The molecule has 0 atom stereocenters. The molecule has 0 unspecified atom stereocenters. The van der Waals surface area contributed by atoms with E-state index in [9.17, 15) is 20.0 Å². The molecule has 0 radical (unpaired) electrons. The summed E-state index contributed by atoms with van der Waals surface area (Å²) in [6, 6.07) is 3.21. The summed E-state index contributed by atoms with van der Waals surface area (Å²) in [5.74, 6) is -0.873. The lowest BCUT2D eigenvalue weighted by Gasteiger charge is -2.00. The van der Waals surface area contributed by atoms with Gasteiger partial charge in [0.1, 0.15) is 11.4 Å². The van der Waals surface area contributed by atoms with E-state index < -0.39 is 16.2 Å². The highest BCUT2D eigenvalue weighted by Crippen LogP contribution is 2.31. The van der Waals surface area contributed by atoms with Crippen LogP contribution in [0.25, 0.3) is 0 Å². The number of nitrogens with zero attached hydrogens (tertiary/aromatic N) is 4. The van der Waals surface area contributed by atoms with Crippen molar-refractivity contribution in [3.63, 3.8) is 0 Å². The number of phenolic OH excluding ortho intramolecular Hbond substituents is 1. The van der Waals surface area contributed by atoms with Gasteiger partial charge >= 0.3 is 0 Å². The van der Waals surface area contributed by atoms with E-state index in [1.807, 2.05) is 0 Å². The molecule has 0 spiro atoms. The van der Waals surface area contributed by atoms with Crippen LogP contribution in [-0.4, -0.2) is 20.0 Å². The number of anilines is 2. The lowest BCUT2D eigenvalue weighted by molar-refractivity contribution is -0.384. The SMILES string of the molecule is Nc1nc(N)c(N=Nc2ccc([N+](=O)[O-])cc2O)c(=O)[nH]1. The summed E-state index contributed by atoms with van der Waals surface area (Å²) in [5, 5.41) is 27.3. The van der Waals surface area contributed by atoms with Gasteiger partial charge in [0.05, 0.1) is 11.0 Å². The van der Waals surface area contributed by atoms with Gasteiger partial charge in [-0.1, -0.05) is 0 Å². The number of nitrogen functional groups attached to an aromatic ring is 2. The van der Waals surface area contributed by atoms with Gasteiger partial charge in [0, 0.05) is 6.07 Å². The minimum atomic E-state index is -0.704. The van der Waals surface area contributed by atoms with Gasteiger partial charge in [0.15, 0.2) is 11.5 Å². The second-order valence-corrected chi connectivity index (χ2v) is 3.82. The number of hydrogen-bond donors (Lipinski definition) is 4. The number of non-ortho nitro benzene ring substituents is 1. The Morgan fingerprint density at radius 1 is 1.33 bits per heavy atom. The number of nitrogens with two attached hydrogens (primary N) is 2. The summed E-state index contributed by atoms with van der Waals surface area (Å²) in [6.07, 6.45) is 0. The van der Waals surface area contributed by atoms with Gasteiger partial charge in [0.2, 0.25) is 5.95 Å². The van der Waals surface area contributed by atoms with Crippen LogP contribution in [-0.2, 0) is 0 Å². The van der Waals surface area contributed by atoms with Gasteiger partial charge in [-0.2, -0.15) is 4.98 Å². The van der Waals surface area contributed by atoms with E-state index in [2.05, 4.69) is 20.2 Å². The third-order valence-electron chi connectivity index (χ3n) is 2.37. The summed E-state index contributed by atoms with van der Waals surface area (Å²) >= 11 is 0. The van der Waals surface area contributed by atoms with Gasteiger partial charge in [0.25, 0.3) is 11.2 Å². The molecule has 21 heavy (non-hydrogen) atoms. The van der Waals surface area contributed by atoms with E-state index in [1.54, 1.807) is 0 Å². The van der Waals surface area contributed by atoms with Gasteiger partial charge < -0.3 is 16.6 Å². The average Bonchev–Trinajstić information content (AvgIpc) is 2.38. The first-order chi connectivity index (χ1) is 9.88. The maximum Gasteiger partial charge on any atom is 0.282 e. The molecule has 0 fully saturated rings. The number of aromatic hydroxyl groups is 1. The van der Waals surface area contributed by atoms with Crippen molar-refractivity contribution in [2.75, 3.05) is 11.5 Å². The minimum absolute atomic E-state index is 0.0729. The number of phenols is 1. The zero-order valence-electron chi connectivity index (χ0n) is 10.3. The summed E-state index contributed by atoms with van der Waals surface area (Å²) in [5.41, 5.74) is 9.38. The molecule has 0 amide bonds. The lowest BCUT2D eigenvalue weighted by atomic mass is 10.2. The fraction of sp³-hybridized carbons (Fsp3) is 0. The Morgan fingerprint density at radius 3 is 2.62 bits per heavy atom. The summed E-state index contributed by atoms with van der Waals surface area (Å²) in [6.45, 7) is 0. The maximum absolute atomic E-state index is 11.5. The average molecular weight is 291 g/mol. The van der Waals surface area contributed by atoms with Crippen LogP contribution in [0.2, 0.25) is 0 Å². The summed E-state index contributed by atoms with van der Waals surface area (Å²) < 4.78 is 0. The van der Waals surface area contributed by atoms with Crippen LogP contribution >= 0.6 is 0 Å². The Labute approximate surface area is 116 Å². The third-order valence-corrected chi connectivity index (χ3v) is 2.37. The number of H-pyrrole nitrogens is 1. The number of nitrogens with one attached hydrogen (secondary N) is 1. The zero-order valence-corrected chi connectivity index (χ0v) is 10.3. The maximum atomic E-state index is 11.5. The number of nitro groups is 1. The first-order valence-corrected chi connectivity index (χ1v) is 5.43. The Hall–Kier alpha value is -3.50. The Bertz CT molecular complexity index is 798. The molecule has 11 heteroatoms. The van der Waals surface area contributed by atoms with Crippen LogP contribution in [0.15, 0.2) is 33.2 Å². The number of hydrogen-bond acceptors (Lipinski definition) is 9. The molecule has 0 aliphatic heterocycles. The smallest absolute Gasteiger partial charge is 0.282 e. The molecule has 0 aliphatic rings. The molecule has 108 valence electrons. The fourth-order valence-electron chi connectivity index (χ4n) is 1.41. The number of benzene rings is 1. The minimum Gasteiger partial charge on any atom is -0.505 e. The van der Waals surface area contributed by atoms with E-state index in [-0.39, 0.29) is 28.8 Å². The molecule has 0 aliphatic carbocycles. The molecule has 6 N–H and O–H groups in total. The molecule has 0 bridgehead atoms. The van der Waals surface area contributed by atoms with Gasteiger partial charge in [-0.15, -0.1) is 10.2 Å². The van der Waals surface area contributed by atoms with E-state index in [4.69, 9.17) is 11.5 Å². The van der Waals surface area contributed by atoms with Crippen molar-refractivity contribution in [1.29, 1.82) is 0 Å². The second kappa shape index (κ2) is 5.24. The molecule has 1 aromatic carbocycles. The largest absolute Gasteiger partial charge is 0.505 e. The van der Waals surface area contributed by atoms with Crippen LogP contribution in [0.1, 0.15) is 0 Å². The van der Waals surface area contributed by atoms with Crippen LogP contribution in [0.3, 0.4) is 0 Å². The van der Waals surface area contributed by atoms with Gasteiger partial charge in [-0.25, -0.2) is 0 Å². The van der Waals surface area contributed by atoms with Crippen molar-refractivity contribution in [2.45, 2.75) is 0 Å². The fourth-order valence-corrected chi connectivity index (χ4v) is 1.41. The predicted octanol–water partition coefficient (Wildman–Crippen LogP) is 0.963. The van der Waals surface area contributed by atoms with E-state index in [1.165, 1.54) is 6.07 Å². The molecule has 1 heterocycles. The highest BCUT2D eigenvalue weighted by atomic mass is 16.6. The van der Waals surface area contributed by atoms with Crippen LogP contribution in [0.5, 0.6) is 5.75 Å². The van der Waals surface area contributed by atoms with Crippen molar-refractivity contribution in [3.05, 3.63) is 38.7 Å². The topological polar surface area (TPSA) is 186 Å².